The zero-order valence-electron chi connectivity index (χ0n) is 7.36. The molecule has 0 amide bonds. The van der Waals surface area contributed by atoms with E-state index in [0.29, 0.717) is 5.69 Å². The van der Waals surface area contributed by atoms with Crippen LogP contribution in [0.1, 0.15) is 11.7 Å². The van der Waals surface area contributed by atoms with Gasteiger partial charge in [-0.1, -0.05) is 0 Å². The highest BCUT2D eigenvalue weighted by molar-refractivity contribution is 5.45. The van der Waals surface area contributed by atoms with E-state index in [0.717, 1.165) is 25.3 Å². The predicted octanol–water partition coefficient (Wildman–Crippen LogP) is 0.325. The first-order valence-electron chi connectivity index (χ1n) is 4.39. The van der Waals surface area contributed by atoms with Crippen LogP contribution in [-0.2, 0) is 4.74 Å². The number of nitrogen functional groups attached to an aromatic ring is 1. The van der Waals surface area contributed by atoms with Gasteiger partial charge in [-0.25, -0.2) is 0 Å². The zero-order chi connectivity index (χ0) is 9.10. The molecule has 0 aliphatic carbocycles. The number of hydrogen-bond donors (Lipinski definition) is 2. The van der Waals surface area contributed by atoms with Crippen LogP contribution in [0.15, 0.2) is 18.5 Å². The zero-order valence-corrected chi connectivity index (χ0v) is 7.36. The quantitative estimate of drug-likeness (QED) is 0.652. The first-order chi connectivity index (χ1) is 6.38. The second kappa shape index (κ2) is 3.72. The van der Waals surface area contributed by atoms with Crippen LogP contribution in [-0.4, -0.2) is 24.7 Å². The van der Waals surface area contributed by atoms with Crippen molar-refractivity contribution >= 4 is 5.69 Å². The molecule has 4 heteroatoms. The maximum atomic E-state index is 5.78. The number of ether oxygens (including phenoxy) is 1. The van der Waals surface area contributed by atoms with E-state index in [-0.39, 0.29) is 6.10 Å². The first-order valence-corrected chi connectivity index (χ1v) is 4.39. The van der Waals surface area contributed by atoms with E-state index in [1.807, 2.05) is 6.07 Å². The lowest BCUT2D eigenvalue weighted by atomic mass is 10.1. The van der Waals surface area contributed by atoms with Crippen molar-refractivity contribution in [1.82, 2.24) is 10.3 Å². The summed E-state index contributed by atoms with van der Waals surface area (Å²) in [5.74, 6) is 0. The summed E-state index contributed by atoms with van der Waals surface area (Å²) in [7, 11) is 0. The Kier molecular flexibility index (Phi) is 2.42. The molecule has 13 heavy (non-hydrogen) atoms. The minimum atomic E-state index is 0.0803. The Hall–Kier alpha value is -1.13. The molecule has 4 nitrogen and oxygen atoms in total. The van der Waals surface area contributed by atoms with Crippen LogP contribution in [0.5, 0.6) is 0 Å². The highest BCUT2D eigenvalue weighted by atomic mass is 16.5. The summed E-state index contributed by atoms with van der Waals surface area (Å²) < 4.78 is 5.57. The van der Waals surface area contributed by atoms with E-state index in [2.05, 4.69) is 10.3 Å². The summed E-state index contributed by atoms with van der Waals surface area (Å²) in [5.41, 5.74) is 7.52. The van der Waals surface area contributed by atoms with Gasteiger partial charge in [0, 0.05) is 24.8 Å². The fourth-order valence-corrected chi connectivity index (χ4v) is 1.48. The van der Waals surface area contributed by atoms with Crippen LogP contribution < -0.4 is 11.1 Å². The number of nitrogens with one attached hydrogen (secondary N) is 1. The number of morpholine rings is 1. The first kappa shape index (κ1) is 8.47. The van der Waals surface area contributed by atoms with Crippen molar-refractivity contribution in [2.24, 2.45) is 0 Å². The summed E-state index contributed by atoms with van der Waals surface area (Å²) in [6.07, 6.45) is 3.48. The number of aromatic nitrogens is 1. The lowest BCUT2D eigenvalue weighted by Gasteiger charge is -2.24. The van der Waals surface area contributed by atoms with Gasteiger partial charge in [0.1, 0.15) is 0 Å². The molecule has 70 valence electrons. The number of nitrogens with zero attached hydrogens (tertiary/aromatic N) is 1. The van der Waals surface area contributed by atoms with E-state index in [9.17, 15) is 0 Å². The van der Waals surface area contributed by atoms with Crippen LogP contribution in [0.3, 0.4) is 0 Å². The minimum Gasteiger partial charge on any atom is -0.397 e. The smallest absolute Gasteiger partial charge is 0.0970 e. The van der Waals surface area contributed by atoms with Gasteiger partial charge in [-0.2, -0.15) is 0 Å². The molecule has 1 aliphatic rings. The van der Waals surface area contributed by atoms with Gasteiger partial charge in [-0.3, -0.25) is 4.98 Å². The molecule has 1 unspecified atom stereocenters. The molecule has 0 saturated carbocycles. The fraction of sp³-hybridized carbons (Fsp3) is 0.444. The molecule has 0 bridgehead atoms. The third kappa shape index (κ3) is 1.79. The molecule has 2 heterocycles. The normalized spacial score (nSPS) is 22.9. The molecule has 1 atom stereocenters. The summed E-state index contributed by atoms with van der Waals surface area (Å²) in [6, 6.07) is 1.91. The molecular weight excluding hydrogens is 166 g/mol. The van der Waals surface area contributed by atoms with Gasteiger partial charge in [-0.15, -0.1) is 0 Å². The van der Waals surface area contributed by atoms with E-state index >= 15 is 0 Å². The second-order valence-electron chi connectivity index (χ2n) is 3.07. The Balaban J connectivity index is 2.18. The van der Waals surface area contributed by atoms with Crippen molar-refractivity contribution in [2.75, 3.05) is 25.4 Å². The van der Waals surface area contributed by atoms with Gasteiger partial charge in [0.25, 0.3) is 0 Å². The average molecular weight is 179 g/mol. The van der Waals surface area contributed by atoms with Crippen molar-refractivity contribution in [2.45, 2.75) is 6.10 Å². The molecule has 0 spiro atoms. The number of pyridine rings is 1. The van der Waals surface area contributed by atoms with Crippen LogP contribution >= 0.6 is 0 Å². The lowest BCUT2D eigenvalue weighted by molar-refractivity contribution is 0.0281. The Morgan fingerprint density at radius 1 is 1.62 bits per heavy atom. The molecule has 1 aromatic rings. The molecule has 1 aromatic heterocycles. The van der Waals surface area contributed by atoms with Gasteiger partial charge >= 0.3 is 0 Å². The Labute approximate surface area is 77.1 Å². The standard InChI is InChI=1S/C9H13N3O/c10-8-5-11-2-1-7(8)9-6-12-3-4-13-9/h1-2,5,9,12H,3-4,6,10H2. The molecule has 1 fully saturated rings. The SMILES string of the molecule is Nc1cnccc1C1CNCCO1. The monoisotopic (exact) mass is 179 g/mol. The Bertz CT molecular complexity index is 284. The van der Waals surface area contributed by atoms with Gasteiger partial charge in [0.15, 0.2) is 0 Å². The molecule has 1 aliphatic heterocycles. The number of anilines is 1. The number of rotatable bonds is 1. The molecule has 0 aromatic carbocycles. The third-order valence-corrected chi connectivity index (χ3v) is 2.16. The van der Waals surface area contributed by atoms with Gasteiger partial charge in [0.05, 0.1) is 24.6 Å². The minimum absolute atomic E-state index is 0.0803. The predicted molar refractivity (Wildman–Crippen MR) is 50.2 cm³/mol. The molecule has 3 N–H and O–H groups in total. The summed E-state index contributed by atoms with van der Waals surface area (Å²) in [5, 5.41) is 3.26. The van der Waals surface area contributed by atoms with Crippen molar-refractivity contribution in [3.8, 4) is 0 Å². The highest BCUT2D eigenvalue weighted by Gasteiger charge is 2.17. The molecule has 2 rings (SSSR count). The van der Waals surface area contributed by atoms with E-state index in [1.54, 1.807) is 12.4 Å². The highest BCUT2D eigenvalue weighted by Crippen LogP contribution is 2.22. The average Bonchev–Trinajstić information content (AvgIpc) is 2.20. The Morgan fingerprint density at radius 3 is 3.23 bits per heavy atom. The lowest BCUT2D eigenvalue weighted by Crippen LogP contribution is -2.33. The number of hydrogen-bond acceptors (Lipinski definition) is 4. The van der Waals surface area contributed by atoms with Gasteiger partial charge in [-0.05, 0) is 6.07 Å². The van der Waals surface area contributed by atoms with Gasteiger partial charge in [0.2, 0.25) is 0 Å². The Morgan fingerprint density at radius 2 is 2.54 bits per heavy atom. The van der Waals surface area contributed by atoms with Crippen LogP contribution in [0, 0.1) is 0 Å². The van der Waals surface area contributed by atoms with E-state index in [4.69, 9.17) is 10.5 Å². The van der Waals surface area contributed by atoms with Gasteiger partial charge < -0.3 is 15.8 Å². The summed E-state index contributed by atoms with van der Waals surface area (Å²) in [6.45, 7) is 2.49. The van der Waals surface area contributed by atoms with Crippen LogP contribution in [0.25, 0.3) is 0 Å². The van der Waals surface area contributed by atoms with Crippen molar-refractivity contribution in [1.29, 1.82) is 0 Å². The second-order valence-corrected chi connectivity index (χ2v) is 3.07. The molecule has 1 saturated heterocycles. The molecular formula is C9H13N3O. The van der Waals surface area contributed by atoms with Crippen molar-refractivity contribution < 1.29 is 4.74 Å². The van der Waals surface area contributed by atoms with Crippen molar-refractivity contribution in [3.05, 3.63) is 24.0 Å². The maximum absolute atomic E-state index is 5.78. The van der Waals surface area contributed by atoms with Crippen LogP contribution in [0.2, 0.25) is 0 Å². The van der Waals surface area contributed by atoms with Crippen LogP contribution in [0.4, 0.5) is 5.69 Å². The molecule has 0 radical (unpaired) electrons. The topological polar surface area (TPSA) is 60.2 Å². The summed E-state index contributed by atoms with van der Waals surface area (Å²) >= 11 is 0. The number of nitrogens with two attached hydrogens (primary N) is 1. The summed E-state index contributed by atoms with van der Waals surface area (Å²) in [4.78, 5) is 3.94. The third-order valence-electron chi connectivity index (χ3n) is 2.16. The fourth-order valence-electron chi connectivity index (χ4n) is 1.48. The van der Waals surface area contributed by atoms with E-state index < -0.39 is 0 Å². The largest absolute Gasteiger partial charge is 0.397 e. The van der Waals surface area contributed by atoms with Crippen molar-refractivity contribution in [3.63, 3.8) is 0 Å². The van der Waals surface area contributed by atoms with E-state index in [1.165, 1.54) is 0 Å². The maximum Gasteiger partial charge on any atom is 0.0970 e.